The molecule has 4 N–H and O–H groups in total. The van der Waals surface area contributed by atoms with Gasteiger partial charge in [-0.3, -0.25) is 4.57 Å². The SMILES string of the molecule is Bc1c(O)c(O)c(O)c(-c2nc(-n3c4ccccc4c4ccc5c6c(sc5c43)-c3ccccc3C6(C)C)nc3ccccc23)c1O. The van der Waals surface area contributed by atoms with E-state index >= 15 is 0 Å². The molecule has 7 nitrogen and oxygen atoms in total. The monoisotopic (exact) mass is 619 g/mol. The largest absolute Gasteiger partial charge is 0.508 e. The highest BCUT2D eigenvalue weighted by Crippen LogP contribution is 2.57. The standard InChI is InChI=1S/C37H26BN3O4S/c1-37(2)22-12-6-3-10-19(22)34-26(37)21-16-15-18-17-9-5-8-14-24(17)41(29(18)35(21)46-34)36-39-23-13-7-4-11-20(23)28(40-36)25-30(42)27(38)32(44)33(45)31(25)43/h3-16,42-45H,38H2,1-2H3. The number of para-hydroxylation sites is 2. The number of aromatic hydroxyl groups is 4. The molecular formula is C37H26BN3O4S. The predicted molar refractivity (Wildman–Crippen MR) is 187 cm³/mol. The highest BCUT2D eigenvalue weighted by Gasteiger charge is 2.39. The third-order valence-electron chi connectivity index (χ3n) is 9.62. The van der Waals surface area contributed by atoms with Crippen molar-refractivity contribution in [2.24, 2.45) is 0 Å². The quantitative estimate of drug-likeness (QED) is 0.0943. The minimum Gasteiger partial charge on any atom is -0.508 e. The molecule has 1 aliphatic rings. The van der Waals surface area contributed by atoms with Crippen LogP contribution in [0.25, 0.3) is 70.4 Å². The molecule has 0 saturated heterocycles. The van der Waals surface area contributed by atoms with E-state index in [0.717, 1.165) is 26.5 Å². The van der Waals surface area contributed by atoms with E-state index in [1.165, 1.54) is 34.8 Å². The van der Waals surface area contributed by atoms with E-state index < -0.39 is 17.2 Å². The van der Waals surface area contributed by atoms with E-state index in [9.17, 15) is 20.4 Å². The average Bonchev–Trinajstić information content (AvgIpc) is 3.69. The van der Waals surface area contributed by atoms with Crippen molar-refractivity contribution in [3.05, 3.63) is 96.1 Å². The summed E-state index contributed by atoms with van der Waals surface area (Å²) in [7, 11) is 1.47. The lowest BCUT2D eigenvalue weighted by molar-refractivity contribution is 0.365. The minimum atomic E-state index is -0.718. The molecule has 222 valence electrons. The topological polar surface area (TPSA) is 112 Å². The number of nitrogens with zero attached hydrogens (tertiary/aromatic N) is 3. The van der Waals surface area contributed by atoms with Crippen LogP contribution in [0.3, 0.4) is 0 Å². The number of hydrogen-bond acceptors (Lipinski definition) is 7. The van der Waals surface area contributed by atoms with Crippen LogP contribution in [0.5, 0.6) is 23.0 Å². The Bertz CT molecular complexity index is 2610. The molecule has 3 heterocycles. The maximum atomic E-state index is 11.2. The molecule has 0 unspecified atom stereocenters. The molecule has 46 heavy (non-hydrogen) atoms. The molecule has 0 atom stereocenters. The third kappa shape index (κ3) is 3.27. The highest BCUT2D eigenvalue weighted by atomic mass is 32.1. The van der Waals surface area contributed by atoms with Gasteiger partial charge in [0.1, 0.15) is 13.6 Å². The Morgan fingerprint density at radius 3 is 2.22 bits per heavy atom. The summed E-state index contributed by atoms with van der Waals surface area (Å²) in [6.07, 6.45) is 0. The molecule has 0 bridgehead atoms. The number of aromatic nitrogens is 3. The Labute approximate surface area is 267 Å². The molecule has 0 fully saturated rings. The van der Waals surface area contributed by atoms with Crippen LogP contribution in [0, 0.1) is 0 Å². The molecule has 1 aliphatic carbocycles. The van der Waals surface area contributed by atoms with Gasteiger partial charge in [-0.15, -0.1) is 11.3 Å². The van der Waals surface area contributed by atoms with Gasteiger partial charge < -0.3 is 20.4 Å². The van der Waals surface area contributed by atoms with Gasteiger partial charge in [-0.25, -0.2) is 9.97 Å². The van der Waals surface area contributed by atoms with E-state index in [-0.39, 0.29) is 27.9 Å². The number of benzene rings is 5. The average molecular weight is 620 g/mol. The Hall–Kier alpha value is -5.54. The van der Waals surface area contributed by atoms with Gasteiger partial charge in [-0.05, 0) is 39.7 Å². The Balaban J connectivity index is 1.44. The van der Waals surface area contributed by atoms with Gasteiger partial charge in [-0.2, -0.15) is 0 Å². The maximum absolute atomic E-state index is 11.2. The van der Waals surface area contributed by atoms with Crippen molar-refractivity contribution in [2.75, 3.05) is 0 Å². The summed E-state index contributed by atoms with van der Waals surface area (Å²) in [5.41, 5.74) is 6.40. The zero-order valence-corrected chi connectivity index (χ0v) is 25.9. The molecular weight excluding hydrogens is 593 g/mol. The van der Waals surface area contributed by atoms with E-state index in [1.807, 2.05) is 36.4 Å². The van der Waals surface area contributed by atoms with Gasteiger partial charge in [0.15, 0.2) is 11.5 Å². The number of rotatable bonds is 2. The summed E-state index contributed by atoms with van der Waals surface area (Å²) >= 11 is 1.78. The smallest absolute Gasteiger partial charge is 0.235 e. The first kappa shape index (κ1) is 26.8. The second-order valence-electron chi connectivity index (χ2n) is 12.5. The van der Waals surface area contributed by atoms with Crippen molar-refractivity contribution >= 4 is 67.4 Å². The zero-order valence-electron chi connectivity index (χ0n) is 25.1. The fourth-order valence-electron chi connectivity index (χ4n) is 7.38. The van der Waals surface area contributed by atoms with Gasteiger partial charge in [0.25, 0.3) is 0 Å². The number of phenolic OH excluding ortho intramolecular Hbond substituents is 4. The molecule has 9 heteroatoms. The van der Waals surface area contributed by atoms with Gasteiger partial charge in [0.2, 0.25) is 11.7 Å². The second-order valence-corrected chi connectivity index (χ2v) is 13.5. The lowest BCUT2D eigenvalue weighted by Crippen LogP contribution is -2.14. The van der Waals surface area contributed by atoms with E-state index in [4.69, 9.17) is 9.97 Å². The van der Waals surface area contributed by atoms with Crippen LogP contribution in [-0.2, 0) is 5.41 Å². The summed E-state index contributed by atoms with van der Waals surface area (Å²) < 4.78 is 3.19. The molecule has 0 amide bonds. The van der Waals surface area contributed by atoms with E-state index in [2.05, 4.69) is 60.9 Å². The zero-order chi connectivity index (χ0) is 31.6. The maximum Gasteiger partial charge on any atom is 0.235 e. The fourth-order valence-corrected chi connectivity index (χ4v) is 8.92. The summed E-state index contributed by atoms with van der Waals surface area (Å²) in [6, 6.07) is 28.6. The number of fused-ring (bicyclic) bond motifs is 10. The van der Waals surface area contributed by atoms with Crippen LogP contribution in [-0.4, -0.2) is 42.8 Å². The van der Waals surface area contributed by atoms with Crippen molar-refractivity contribution in [1.82, 2.24) is 14.5 Å². The lowest BCUT2D eigenvalue weighted by atomic mass is 9.81. The van der Waals surface area contributed by atoms with Crippen molar-refractivity contribution < 1.29 is 20.4 Å². The van der Waals surface area contributed by atoms with Gasteiger partial charge >= 0.3 is 0 Å². The molecule has 0 spiro atoms. The Morgan fingerprint density at radius 1 is 0.696 bits per heavy atom. The van der Waals surface area contributed by atoms with Crippen molar-refractivity contribution in [2.45, 2.75) is 19.3 Å². The van der Waals surface area contributed by atoms with Crippen LogP contribution in [0.4, 0.5) is 0 Å². The predicted octanol–water partition coefficient (Wildman–Crippen LogP) is 7.00. The Kier molecular flexibility index (Phi) is 5.26. The Morgan fingerprint density at radius 2 is 1.39 bits per heavy atom. The molecule has 8 aromatic rings. The van der Waals surface area contributed by atoms with Gasteiger partial charge in [-0.1, -0.05) is 86.6 Å². The molecule has 5 aromatic carbocycles. The summed E-state index contributed by atoms with van der Waals surface area (Å²) in [5, 5.41) is 47.1. The lowest BCUT2D eigenvalue weighted by Gasteiger charge is -2.21. The second kappa shape index (κ2) is 9.02. The molecule has 3 aromatic heterocycles. The molecule has 0 radical (unpaired) electrons. The van der Waals surface area contributed by atoms with Crippen molar-refractivity contribution in [1.29, 1.82) is 0 Å². The van der Waals surface area contributed by atoms with E-state index in [1.54, 1.807) is 17.4 Å². The van der Waals surface area contributed by atoms with Crippen molar-refractivity contribution in [3.63, 3.8) is 0 Å². The molecule has 0 saturated carbocycles. The third-order valence-corrected chi connectivity index (χ3v) is 10.9. The fraction of sp³-hybridized carbons (Fsp3) is 0.0811. The minimum absolute atomic E-state index is 0.0316. The number of thiophene rings is 1. The van der Waals surface area contributed by atoms with Crippen LogP contribution in [0.15, 0.2) is 84.9 Å². The summed E-state index contributed by atoms with van der Waals surface area (Å²) in [5.74, 6) is -1.98. The molecule has 9 rings (SSSR count). The van der Waals surface area contributed by atoms with Crippen LogP contribution < -0.4 is 5.46 Å². The van der Waals surface area contributed by atoms with Crippen LogP contribution in [0.2, 0.25) is 0 Å². The first-order valence-corrected chi connectivity index (χ1v) is 15.8. The van der Waals surface area contributed by atoms with E-state index in [0.29, 0.717) is 16.9 Å². The van der Waals surface area contributed by atoms with Gasteiger partial charge in [0, 0.05) is 26.5 Å². The molecule has 0 aliphatic heterocycles. The highest BCUT2D eigenvalue weighted by molar-refractivity contribution is 7.23. The van der Waals surface area contributed by atoms with Crippen LogP contribution >= 0.6 is 11.3 Å². The van der Waals surface area contributed by atoms with Gasteiger partial charge in [0.05, 0.1) is 32.5 Å². The summed E-state index contributed by atoms with van der Waals surface area (Å²) in [6.45, 7) is 4.58. The first-order valence-electron chi connectivity index (χ1n) is 15.0. The van der Waals surface area contributed by atoms with Crippen LogP contribution in [0.1, 0.15) is 25.0 Å². The normalized spacial score (nSPS) is 13.6. The first-order chi connectivity index (χ1) is 22.2. The summed E-state index contributed by atoms with van der Waals surface area (Å²) in [4.78, 5) is 11.3. The number of hydrogen-bond donors (Lipinski definition) is 4. The van der Waals surface area contributed by atoms with Crippen molar-refractivity contribution in [3.8, 4) is 50.6 Å². The number of phenols is 4.